The van der Waals surface area contributed by atoms with Gasteiger partial charge in [-0.1, -0.05) is 71.1 Å². The molecule has 0 spiro atoms. The first-order valence-electron chi connectivity index (χ1n) is 8.16. The van der Waals surface area contributed by atoms with E-state index >= 15 is 0 Å². The lowest BCUT2D eigenvalue weighted by Gasteiger charge is -2.06. The minimum atomic E-state index is -0.210. The molecule has 0 rings (SSSR count). The average Bonchev–Trinajstić information content (AvgIpc) is 2.34. The van der Waals surface area contributed by atoms with Crippen LogP contribution in [-0.2, 0) is 0 Å². The lowest BCUT2D eigenvalue weighted by atomic mass is 10.1. The highest BCUT2D eigenvalue weighted by molar-refractivity contribution is 4.53. The van der Waals surface area contributed by atoms with Crippen LogP contribution in [0.15, 0.2) is 0 Å². The second kappa shape index (κ2) is 15.0. The molecule has 2 nitrogen and oxygen atoms in total. The quantitative estimate of drug-likeness (QED) is 0.456. The van der Waals surface area contributed by atoms with Gasteiger partial charge in [-0.2, -0.15) is 0 Å². The minimum Gasteiger partial charge on any atom is -0.392 e. The molecule has 0 aliphatic heterocycles. The lowest BCUT2D eigenvalue weighted by molar-refractivity contribution is 0.191. The van der Waals surface area contributed by atoms with E-state index in [0.717, 1.165) is 13.1 Å². The van der Waals surface area contributed by atoms with Crippen molar-refractivity contribution in [2.75, 3.05) is 13.1 Å². The summed E-state index contributed by atoms with van der Waals surface area (Å²) in [6.07, 6.45) is 15.1. The summed E-state index contributed by atoms with van der Waals surface area (Å²) in [6.45, 7) is 5.89. The summed E-state index contributed by atoms with van der Waals surface area (Å²) >= 11 is 0. The molecular weight excluding hydrogens is 222 g/mol. The molecule has 0 saturated carbocycles. The molecule has 0 fully saturated rings. The third kappa shape index (κ3) is 15.9. The summed E-state index contributed by atoms with van der Waals surface area (Å²) in [5.41, 5.74) is 0. The van der Waals surface area contributed by atoms with Crippen molar-refractivity contribution in [2.45, 2.75) is 90.6 Å². The molecule has 0 aliphatic carbocycles. The summed E-state index contributed by atoms with van der Waals surface area (Å²) in [4.78, 5) is 0. The molecule has 2 heteroatoms. The van der Waals surface area contributed by atoms with E-state index in [2.05, 4.69) is 12.2 Å². The van der Waals surface area contributed by atoms with Crippen molar-refractivity contribution in [3.05, 3.63) is 0 Å². The van der Waals surface area contributed by atoms with Crippen molar-refractivity contribution in [1.82, 2.24) is 5.32 Å². The van der Waals surface area contributed by atoms with E-state index in [-0.39, 0.29) is 6.10 Å². The molecule has 0 unspecified atom stereocenters. The Morgan fingerprint density at radius 1 is 0.778 bits per heavy atom. The van der Waals surface area contributed by atoms with Gasteiger partial charge in [-0.3, -0.25) is 0 Å². The van der Waals surface area contributed by atoms with Crippen molar-refractivity contribution in [2.24, 2.45) is 0 Å². The van der Waals surface area contributed by atoms with Crippen molar-refractivity contribution >= 4 is 0 Å². The summed E-state index contributed by atoms with van der Waals surface area (Å²) in [6, 6.07) is 0. The molecule has 18 heavy (non-hydrogen) atoms. The fourth-order valence-electron chi connectivity index (χ4n) is 2.23. The smallest absolute Gasteiger partial charge is 0.0636 e. The van der Waals surface area contributed by atoms with Crippen LogP contribution in [0.3, 0.4) is 0 Å². The summed E-state index contributed by atoms with van der Waals surface area (Å²) in [5, 5.41) is 12.3. The van der Waals surface area contributed by atoms with Crippen LogP contribution in [0.1, 0.15) is 84.5 Å². The Kier molecular flexibility index (Phi) is 14.9. The Morgan fingerprint density at radius 2 is 1.22 bits per heavy atom. The third-order valence-electron chi connectivity index (χ3n) is 3.40. The van der Waals surface area contributed by atoms with Gasteiger partial charge in [0, 0.05) is 6.54 Å². The maximum atomic E-state index is 9.07. The monoisotopic (exact) mass is 257 g/mol. The van der Waals surface area contributed by atoms with E-state index in [1.54, 1.807) is 0 Å². The van der Waals surface area contributed by atoms with Gasteiger partial charge >= 0.3 is 0 Å². The van der Waals surface area contributed by atoms with E-state index in [1.807, 2.05) is 6.92 Å². The topological polar surface area (TPSA) is 32.3 Å². The predicted molar refractivity (Wildman–Crippen MR) is 81.0 cm³/mol. The molecule has 110 valence electrons. The number of unbranched alkanes of at least 4 members (excludes halogenated alkanes) is 10. The summed E-state index contributed by atoms with van der Waals surface area (Å²) in [7, 11) is 0. The molecule has 0 bridgehead atoms. The van der Waals surface area contributed by atoms with Crippen molar-refractivity contribution in [1.29, 1.82) is 0 Å². The Bertz CT molecular complexity index is 148. The van der Waals surface area contributed by atoms with Crippen LogP contribution in [0.2, 0.25) is 0 Å². The lowest BCUT2D eigenvalue weighted by Crippen LogP contribution is -2.25. The van der Waals surface area contributed by atoms with Crippen molar-refractivity contribution in [3.8, 4) is 0 Å². The number of rotatable bonds is 14. The fraction of sp³-hybridized carbons (Fsp3) is 1.00. The van der Waals surface area contributed by atoms with Crippen LogP contribution in [0, 0.1) is 0 Å². The first-order valence-corrected chi connectivity index (χ1v) is 8.16. The Balaban J connectivity index is 2.90. The second-order valence-electron chi connectivity index (χ2n) is 5.59. The van der Waals surface area contributed by atoms with Gasteiger partial charge in [-0.15, -0.1) is 0 Å². The molecule has 0 aliphatic rings. The van der Waals surface area contributed by atoms with E-state index < -0.39 is 0 Å². The highest BCUT2D eigenvalue weighted by Crippen LogP contribution is 2.10. The maximum Gasteiger partial charge on any atom is 0.0636 e. The van der Waals surface area contributed by atoms with Crippen LogP contribution in [0.4, 0.5) is 0 Å². The zero-order chi connectivity index (χ0) is 13.5. The fourth-order valence-corrected chi connectivity index (χ4v) is 2.23. The van der Waals surface area contributed by atoms with Crippen LogP contribution in [0.25, 0.3) is 0 Å². The predicted octanol–water partition coefficient (Wildman–Crippen LogP) is 4.27. The van der Waals surface area contributed by atoms with Crippen LogP contribution >= 0.6 is 0 Å². The zero-order valence-corrected chi connectivity index (χ0v) is 12.7. The van der Waals surface area contributed by atoms with Gasteiger partial charge in [0.25, 0.3) is 0 Å². The normalized spacial score (nSPS) is 12.8. The first kappa shape index (κ1) is 17.9. The number of aliphatic hydroxyl groups excluding tert-OH is 1. The van der Waals surface area contributed by atoms with Crippen molar-refractivity contribution in [3.63, 3.8) is 0 Å². The van der Waals surface area contributed by atoms with Gasteiger partial charge in [-0.25, -0.2) is 0 Å². The number of hydrogen-bond acceptors (Lipinski definition) is 2. The molecule has 0 aromatic heterocycles. The number of nitrogens with one attached hydrogen (secondary N) is 1. The molecule has 0 saturated heterocycles. The number of hydrogen-bond donors (Lipinski definition) is 2. The largest absolute Gasteiger partial charge is 0.392 e. The minimum absolute atomic E-state index is 0.210. The van der Waals surface area contributed by atoms with Crippen LogP contribution < -0.4 is 5.32 Å². The van der Waals surface area contributed by atoms with E-state index in [1.165, 1.54) is 70.6 Å². The molecule has 0 radical (unpaired) electrons. The Labute approximate surface area is 115 Å². The van der Waals surface area contributed by atoms with Crippen LogP contribution in [0.5, 0.6) is 0 Å². The highest BCUT2D eigenvalue weighted by Gasteiger charge is 1.95. The maximum absolute atomic E-state index is 9.07. The standard InChI is InChI=1S/C16H35NO/c1-3-4-5-6-7-8-9-10-11-12-13-14-17-15-16(2)18/h16-18H,3-15H2,1-2H3/t16-/m0/s1. The molecule has 0 amide bonds. The molecule has 0 heterocycles. The molecule has 0 aromatic rings. The van der Waals surface area contributed by atoms with Crippen molar-refractivity contribution < 1.29 is 5.11 Å². The van der Waals surface area contributed by atoms with Crippen LogP contribution in [-0.4, -0.2) is 24.3 Å². The van der Waals surface area contributed by atoms with Gasteiger partial charge in [0.05, 0.1) is 6.10 Å². The summed E-state index contributed by atoms with van der Waals surface area (Å²) in [5.74, 6) is 0. The molecule has 2 N–H and O–H groups in total. The second-order valence-corrected chi connectivity index (χ2v) is 5.59. The average molecular weight is 257 g/mol. The molecule has 1 atom stereocenters. The van der Waals surface area contributed by atoms with Gasteiger partial charge in [-0.05, 0) is 19.9 Å². The first-order chi connectivity index (χ1) is 8.77. The van der Waals surface area contributed by atoms with Gasteiger partial charge in [0.2, 0.25) is 0 Å². The Hall–Kier alpha value is -0.0800. The van der Waals surface area contributed by atoms with E-state index in [0.29, 0.717) is 0 Å². The number of aliphatic hydroxyl groups is 1. The Morgan fingerprint density at radius 3 is 1.67 bits per heavy atom. The SMILES string of the molecule is CCCCCCCCCCCCCNC[C@H](C)O. The third-order valence-corrected chi connectivity index (χ3v) is 3.40. The summed E-state index contributed by atoms with van der Waals surface area (Å²) < 4.78 is 0. The van der Waals surface area contributed by atoms with E-state index in [4.69, 9.17) is 5.11 Å². The highest BCUT2D eigenvalue weighted by atomic mass is 16.3. The molecule has 0 aromatic carbocycles. The van der Waals surface area contributed by atoms with Gasteiger partial charge in [0.15, 0.2) is 0 Å². The molecular formula is C16H35NO. The van der Waals surface area contributed by atoms with E-state index in [9.17, 15) is 0 Å². The zero-order valence-electron chi connectivity index (χ0n) is 12.7. The van der Waals surface area contributed by atoms with Gasteiger partial charge in [0.1, 0.15) is 0 Å². The van der Waals surface area contributed by atoms with Gasteiger partial charge < -0.3 is 10.4 Å².